The van der Waals surface area contributed by atoms with Gasteiger partial charge in [-0.3, -0.25) is 0 Å². The number of rotatable bonds is 5. The summed E-state index contributed by atoms with van der Waals surface area (Å²) in [5.74, 6) is 1.35. The van der Waals surface area contributed by atoms with E-state index in [9.17, 15) is 0 Å². The van der Waals surface area contributed by atoms with Gasteiger partial charge in [-0.15, -0.1) is 0 Å². The first-order valence-electron chi connectivity index (χ1n) is 5.52. The van der Waals surface area contributed by atoms with Gasteiger partial charge in [0.1, 0.15) is 11.0 Å². The number of hydrogen-bond donors (Lipinski definition) is 0. The third kappa shape index (κ3) is 2.93. The Hall–Kier alpha value is -0.190. The highest BCUT2D eigenvalue weighted by molar-refractivity contribution is 9.10. The molecule has 0 N–H and O–H groups in total. The molecule has 0 spiro atoms. The molecule has 1 aromatic rings. The maximum atomic E-state index is 6.06. The molecule has 0 bridgehead atoms. The number of aromatic nitrogens is 2. The number of hydrogen-bond acceptors (Lipinski definition) is 3. The summed E-state index contributed by atoms with van der Waals surface area (Å²) in [4.78, 5) is 8.79. The fourth-order valence-corrected chi connectivity index (χ4v) is 2.22. The summed E-state index contributed by atoms with van der Waals surface area (Å²) in [5, 5.41) is 0.517. The first kappa shape index (κ1) is 12.3. The van der Waals surface area contributed by atoms with Crippen LogP contribution in [0, 0.1) is 0 Å². The SMILES string of the molecule is CCOCCc1nc(Cl)c(Br)c(C2CC2)n1. The Morgan fingerprint density at radius 3 is 2.81 bits per heavy atom. The lowest BCUT2D eigenvalue weighted by Crippen LogP contribution is -2.05. The molecule has 1 saturated carbocycles. The molecule has 0 saturated heterocycles. The van der Waals surface area contributed by atoms with Crippen LogP contribution in [0.3, 0.4) is 0 Å². The maximum absolute atomic E-state index is 6.06. The largest absolute Gasteiger partial charge is 0.381 e. The zero-order chi connectivity index (χ0) is 11.5. The molecule has 1 fully saturated rings. The van der Waals surface area contributed by atoms with E-state index < -0.39 is 0 Å². The topological polar surface area (TPSA) is 35.0 Å². The number of ether oxygens (including phenoxy) is 1. The van der Waals surface area contributed by atoms with Gasteiger partial charge in [-0.2, -0.15) is 0 Å². The van der Waals surface area contributed by atoms with E-state index in [1.807, 2.05) is 6.92 Å². The van der Waals surface area contributed by atoms with Crippen LogP contribution in [-0.4, -0.2) is 23.2 Å². The molecular weight excluding hydrogens is 291 g/mol. The molecule has 88 valence electrons. The summed E-state index contributed by atoms with van der Waals surface area (Å²) in [6.07, 6.45) is 3.13. The number of nitrogens with zero attached hydrogens (tertiary/aromatic N) is 2. The zero-order valence-electron chi connectivity index (χ0n) is 9.17. The summed E-state index contributed by atoms with van der Waals surface area (Å²) in [5.41, 5.74) is 1.06. The Bertz CT molecular complexity index is 382. The van der Waals surface area contributed by atoms with E-state index in [0.717, 1.165) is 29.0 Å². The van der Waals surface area contributed by atoms with Gasteiger partial charge in [-0.05, 0) is 35.7 Å². The van der Waals surface area contributed by atoms with Gasteiger partial charge in [0, 0.05) is 18.9 Å². The third-order valence-electron chi connectivity index (χ3n) is 2.52. The molecule has 0 radical (unpaired) electrons. The van der Waals surface area contributed by atoms with Gasteiger partial charge >= 0.3 is 0 Å². The monoisotopic (exact) mass is 304 g/mol. The predicted octanol–water partition coefficient (Wildman–Crippen LogP) is 3.35. The predicted molar refractivity (Wildman–Crippen MR) is 66.9 cm³/mol. The van der Waals surface area contributed by atoms with Crippen molar-refractivity contribution >= 4 is 27.5 Å². The van der Waals surface area contributed by atoms with Crippen LogP contribution >= 0.6 is 27.5 Å². The fraction of sp³-hybridized carbons (Fsp3) is 0.636. The third-order valence-corrected chi connectivity index (χ3v) is 3.80. The molecule has 0 atom stereocenters. The summed E-state index contributed by atoms with van der Waals surface area (Å²) in [7, 11) is 0. The van der Waals surface area contributed by atoms with Crippen LogP contribution in [0.15, 0.2) is 4.47 Å². The van der Waals surface area contributed by atoms with Gasteiger partial charge in [0.15, 0.2) is 0 Å². The summed E-state index contributed by atoms with van der Waals surface area (Å²) < 4.78 is 6.15. The lowest BCUT2D eigenvalue weighted by molar-refractivity contribution is 0.149. The second-order valence-corrected chi connectivity index (χ2v) is 5.00. The quantitative estimate of drug-likeness (QED) is 0.618. The van der Waals surface area contributed by atoms with Crippen LogP contribution in [0.5, 0.6) is 0 Å². The molecule has 0 aromatic carbocycles. The van der Waals surface area contributed by atoms with Crippen molar-refractivity contribution < 1.29 is 4.74 Å². The molecule has 1 heterocycles. The Balaban J connectivity index is 2.13. The molecule has 2 rings (SSSR count). The molecule has 0 unspecified atom stereocenters. The van der Waals surface area contributed by atoms with Crippen molar-refractivity contribution in [2.24, 2.45) is 0 Å². The molecule has 1 aliphatic rings. The average Bonchev–Trinajstić information content (AvgIpc) is 3.07. The van der Waals surface area contributed by atoms with E-state index in [1.165, 1.54) is 12.8 Å². The Morgan fingerprint density at radius 1 is 1.44 bits per heavy atom. The van der Waals surface area contributed by atoms with Crippen LogP contribution in [0.1, 0.15) is 37.2 Å². The number of halogens is 2. The lowest BCUT2D eigenvalue weighted by Gasteiger charge is -2.07. The van der Waals surface area contributed by atoms with Crippen LogP contribution in [0.25, 0.3) is 0 Å². The van der Waals surface area contributed by atoms with Crippen LogP contribution in [0.4, 0.5) is 0 Å². The highest BCUT2D eigenvalue weighted by Crippen LogP contribution is 2.43. The van der Waals surface area contributed by atoms with E-state index in [-0.39, 0.29) is 0 Å². The fourth-order valence-electron chi connectivity index (χ4n) is 1.53. The molecule has 0 amide bonds. The molecule has 5 heteroatoms. The molecule has 1 aliphatic carbocycles. The smallest absolute Gasteiger partial charge is 0.147 e. The van der Waals surface area contributed by atoms with Crippen LogP contribution in [-0.2, 0) is 11.2 Å². The minimum atomic E-state index is 0.517. The first-order valence-corrected chi connectivity index (χ1v) is 6.69. The van der Waals surface area contributed by atoms with E-state index in [2.05, 4.69) is 25.9 Å². The van der Waals surface area contributed by atoms with Crippen molar-refractivity contribution in [3.63, 3.8) is 0 Å². The highest BCUT2D eigenvalue weighted by atomic mass is 79.9. The molecule has 3 nitrogen and oxygen atoms in total. The van der Waals surface area contributed by atoms with Gasteiger partial charge in [0.25, 0.3) is 0 Å². The molecular formula is C11H14BrClN2O. The van der Waals surface area contributed by atoms with Gasteiger partial charge in [0.05, 0.1) is 16.8 Å². The van der Waals surface area contributed by atoms with Crippen molar-refractivity contribution in [1.82, 2.24) is 9.97 Å². The summed E-state index contributed by atoms with van der Waals surface area (Å²) >= 11 is 9.51. The lowest BCUT2D eigenvalue weighted by atomic mass is 10.3. The second kappa shape index (κ2) is 5.43. The van der Waals surface area contributed by atoms with E-state index in [1.54, 1.807) is 0 Å². The van der Waals surface area contributed by atoms with E-state index >= 15 is 0 Å². The molecule has 0 aliphatic heterocycles. The van der Waals surface area contributed by atoms with Gasteiger partial charge in [-0.25, -0.2) is 9.97 Å². The van der Waals surface area contributed by atoms with Gasteiger partial charge in [-0.1, -0.05) is 11.6 Å². The molecule has 16 heavy (non-hydrogen) atoms. The zero-order valence-corrected chi connectivity index (χ0v) is 11.5. The van der Waals surface area contributed by atoms with E-state index in [4.69, 9.17) is 16.3 Å². The van der Waals surface area contributed by atoms with Crippen molar-refractivity contribution in [2.45, 2.75) is 32.1 Å². The Kier molecular flexibility index (Phi) is 4.16. The van der Waals surface area contributed by atoms with Crippen LogP contribution < -0.4 is 0 Å². The minimum absolute atomic E-state index is 0.517. The van der Waals surface area contributed by atoms with Crippen molar-refractivity contribution in [1.29, 1.82) is 0 Å². The minimum Gasteiger partial charge on any atom is -0.381 e. The van der Waals surface area contributed by atoms with Crippen molar-refractivity contribution in [3.8, 4) is 0 Å². The molecule has 1 aromatic heterocycles. The normalized spacial score (nSPS) is 15.4. The van der Waals surface area contributed by atoms with Gasteiger partial charge in [0.2, 0.25) is 0 Å². The Labute approximate surface area is 109 Å². The second-order valence-electron chi connectivity index (χ2n) is 3.85. The first-order chi connectivity index (χ1) is 7.72. The maximum Gasteiger partial charge on any atom is 0.147 e. The van der Waals surface area contributed by atoms with Crippen LogP contribution in [0.2, 0.25) is 5.15 Å². The average molecular weight is 306 g/mol. The van der Waals surface area contributed by atoms with Gasteiger partial charge < -0.3 is 4.74 Å². The summed E-state index contributed by atoms with van der Waals surface area (Å²) in [6, 6.07) is 0. The van der Waals surface area contributed by atoms with Crippen molar-refractivity contribution in [3.05, 3.63) is 21.1 Å². The van der Waals surface area contributed by atoms with Crippen molar-refractivity contribution in [2.75, 3.05) is 13.2 Å². The standard InChI is InChI=1S/C11H14BrClN2O/c1-2-16-6-5-8-14-10(7-3-4-7)9(12)11(13)15-8/h7H,2-6H2,1H3. The highest BCUT2D eigenvalue weighted by Gasteiger charge is 2.29. The Morgan fingerprint density at radius 2 is 2.19 bits per heavy atom. The summed E-state index contributed by atoms with van der Waals surface area (Å²) in [6.45, 7) is 3.35. The van der Waals surface area contributed by atoms with E-state index in [0.29, 0.717) is 17.7 Å².